The Labute approximate surface area is 105 Å². The van der Waals surface area contributed by atoms with Crippen LogP contribution in [0.3, 0.4) is 0 Å². The molecule has 90 valence electrons. The van der Waals surface area contributed by atoms with Crippen LogP contribution in [0.25, 0.3) is 0 Å². The lowest BCUT2D eigenvalue weighted by molar-refractivity contribution is 0.299. The predicted molar refractivity (Wildman–Crippen MR) is 66.3 cm³/mol. The summed E-state index contributed by atoms with van der Waals surface area (Å²) >= 11 is 6.02. The molecule has 17 heavy (non-hydrogen) atoms. The van der Waals surface area contributed by atoms with E-state index in [1.165, 1.54) is 6.21 Å². The largest absolute Gasteiger partial charge is 0.490 e. The van der Waals surface area contributed by atoms with Crippen LogP contribution in [0.5, 0.6) is 11.5 Å². The molecule has 0 saturated carbocycles. The van der Waals surface area contributed by atoms with Gasteiger partial charge >= 0.3 is 0 Å². The van der Waals surface area contributed by atoms with Crippen LogP contribution >= 0.6 is 11.6 Å². The van der Waals surface area contributed by atoms with Crippen molar-refractivity contribution < 1.29 is 14.7 Å². The summed E-state index contributed by atoms with van der Waals surface area (Å²) in [6.45, 7) is 2.40. The second-order valence-electron chi connectivity index (χ2n) is 3.00. The van der Waals surface area contributed by atoms with Crippen molar-refractivity contribution in [2.24, 2.45) is 5.16 Å². The summed E-state index contributed by atoms with van der Waals surface area (Å²) in [5, 5.41) is 11.7. The average molecular weight is 254 g/mol. The summed E-state index contributed by atoms with van der Waals surface area (Å²) in [6.07, 6.45) is 6.36. The maximum atomic E-state index is 8.47. The Morgan fingerprint density at radius 2 is 2.29 bits per heavy atom. The summed E-state index contributed by atoms with van der Waals surface area (Å²) < 4.78 is 10.7. The Bertz CT molecular complexity index is 452. The highest BCUT2D eigenvalue weighted by molar-refractivity contribution is 6.32. The fourth-order valence-electron chi connectivity index (χ4n) is 1.25. The van der Waals surface area contributed by atoms with E-state index in [4.69, 9.17) is 32.7 Å². The monoisotopic (exact) mass is 253 g/mol. The van der Waals surface area contributed by atoms with E-state index in [0.29, 0.717) is 28.7 Å². The predicted octanol–water partition coefficient (Wildman–Crippen LogP) is 2.56. The molecule has 0 aliphatic heterocycles. The first-order chi connectivity index (χ1) is 8.22. The molecule has 0 unspecified atom stereocenters. The van der Waals surface area contributed by atoms with Crippen molar-refractivity contribution in [1.29, 1.82) is 0 Å². The molecule has 0 aliphatic rings. The van der Waals surface area contributed by atoms with Gasteiger partial charge in [-0.2, -0.15) is 0 Å². The van der Waals surface area contributed by atoms with Crippen molar-refractivity contribution in [3.8, 4) is 23.8 Å². The number of benzene rings is 1. The van der Waals surface area contributed by atoms with Crippen LogP contribution in [0, 0.1) is 12.3 Å². The van der Waals surface area contributed by atoms with Crippen LogP contribution in [-0.4, -0.2) is 24.6 Å². The van der Waals surface area contributed by atoms with Gasteiger partial charge in [0.05, 0.1) is 17.8 Å². The van der Waals surface area contributed by atoms with Crippen molar-refractivity contribution in [1.82, 2.24) is 0 Å². The van der Waals surface area contributed by atoms with E-state index in [2.05, 4.69) is 11.1 Å². The number of hydrogen-bond donors (Lipinski definition) is 1. The van der Waals surface area contributed by atoms with Gasteiger partial charge in [0.25, 0.3) is 0 Å². The number of nitrogens with zero attached hydrogens (tertiary/aromatic N) is 1. The summed E-state index contributed by atoms with van der Waals surface area (Å²) in [7, 11) is 0. The quantitative estimate of drug-likeness (QED) is 0.380. The molecular formula is C12H12ClNO3. The Balaban J connectivity index is 3.13. The summed E-state index contributed by atoms with van der Waals surface area (Å²) in [4.78, 5) is 0. The van der Waals surface area contributed by atoms with Crippen LogP contribution in [0.1, 0.15) is 12.5 Å². The van der Waals surface area contributed by atoms with Gasteiger partial charge in [-0.25, -0.2) is 0 Å². The second kappa shape index (κ2) is 6.66. The molecule has 0 amide bonds. The lowest BCUT2D eigenvalue weighted by Gasteiger charge is -2.12. The van der Waals surface area contributed by atoms with Crippen molar-refractivity contribution in [2.45, 2.75) is 6.92 Å². The van der Waals surface area contributed by atoms with Gasteiger partial charge in [0, 0.05) is 5.56 Å². The van der Waals surface area contributed by atoms with E-state index < -0.39 is 0 Å². The summed E-state index contributed by atoms with van der Waals surface area (Å²) in [5.74, 6) is 3.20. The van der Waals surface area contributed by atoms with E-state index in [9.17, 15) is 0 Å². The molecule has 0 radical (unpaired) electrons. The van der Waals surface area contributed by atoms with Crippen LogP contribution in [-0.2, 0) is 0 Å². The molecule has 0 bridgehead atoms. The van der Waals surface area contributed by atoms with E-state index in [0.717, 1.165) is 0 Å². The van der Waals surface area contributed by atoms with Gasteiger partial charge in [-0.05, 0) is 19.1 Å². The molecule has 0 saturated heterocycles. The van der Waals surface area contributed by atoms with Crippen LogP contribution in [0.4, 0.5) is 0 Å². The van der Waals surface area contributed by atoms with E-state index >= 15 is 0 Å². The zero-order valence-electron chi connectivity index (χ0n) is 9.31. The van der Waals surface area contributed by atoms with E-state index in [1.54, 1.807) is 12.1 Å². The van der Waals surface area contributed by atoms with E-state index in [-0.39, 0.29) is 6.61 Å². The number of hydrogen-bond acceptors (Lipinski definition) is 4. The normalized spacial score (nSPS) is 10.2. The third kappa shape index (κ3) is 3.58. The molecule has 5 heteroatoms. The minimum absolute atomic E-state index is 0.104. The molecule has 4 nitrogen and oxygen atoms in total. The maximum Gasteiger partial charge on any atom is 0.181 e. The standard InChI is InChI=1S/C12H12ClNO3/c1-3-5-17-12-10(13)6-9(8-14-15)7-11(12)16-4-2/h1,6-8,15H,4-5H2,2H3. The van der Waals surface area contributed by atoms with Crippen molar-refractivity contribution in [3.05, 3.63) is 22.7 Å². The lowest BCUT2D eigenvalue weighted by atomic mass is 10.2. The summed E-state index contributed by atoms with van der Waals surface area (Å²) in [5.41, 5.74) is 0.606. The first-order valence-corrected chi connectivity index (χ1v) is 5.30. The van der Waals surface area contributed by atoms with Gasteiger partial charge in [-0.3, -0.25) is 0 Å². The fourth-order valence-corrected chi connectivity index (χ4v) is 1.52. The minimum Gasteiger partial charge on any atom is -0.490 e. The molecule has 0 heterocycles. The molecular weight excluding hydrogens is 242 g/mol. The maximum absolute atomic E-state index is 8.47. The highest BCUT2D eigenvalue weighted by Gasteiger charge is 2.11. The molecule has 0 spiro atoms. The highest BCUT2D eigenvalue weighted by atomic mass is 35.5. The zero-order chi connectivity index (χ0) is 12.7. The van der Waals surface area contributed by atoms with Crippen LogP contribution < -0.4 is 9.47 Å². The number of oxime groups is 1. The smallest absolute Gasteiger partial charge is 0.181 e. The zero-order valence-corrected chi connectivity index (χ0v) is 10.1. The Morgan fingerprint density at radius 3 is 2.88 bits per heavy atom. The lowest BCUT2D eigenvalue weighted by Crippen LogP contribution is -2.01. The van der Waals surface area contributed by atoms with E-state index in [1.807, 2.05) is 6.92 Å². The third-order valence-electron chi connectivity index (χ3n) is 1.84. The second-order valence-corrected chi connectivity index (χ2v) is 3.41. The molecule has 0 aliphatic carbocycles. The van der Waals surface area contributed by atoms with Gasteiger partial charge in [0.2, 0.25) is 0 Å². The Kier molecular flexibility index (Phi) is 5.18. The summed E-state index contributed by atoms with van der Waals surface area (Å²) in [6, 6.07) is 3.25. The van der Waals surface area contributed by atoms with Gasteiger partial charge in [-0.15, -0.1) is 6.42 Å². The first-order valence-electron chi connectivity index (χ1n) is 4.93. The van der Waals surface area contributed by atoms with Crippen LogP contribution in [0.2, 0.25) is 5.02 Å². The first kappa shape index (κ1) is 13.2. The Morgan fingerprint density at radius 1 is 1.53 bits per heavy atom. The van der Waals surface area contributed by atoms with Gasteiger partial charge < -0.3 is 14.7 Å². The van der Waals surface area contributed by atoms with Crippen molar-refractivity contribution in [2.75, 3.05) is 13.2 Å². The topological polar surface area (TPSA) is 51.0 Å². The average Bonchev–Trinajstić information content (AvgIpc) is 2.29. The number of terminal acetylenes is 1. The molecule has 1 aromatic carbocycles. The fraction of sp³-hybridized carbons (Fsp3) is 0.250. The molecule has 1 aromatic rings. The molecule has 0 aromatic heterocycles. The van der Waals surface area contributed by atoms with Crippen molar-refractivity contribution >= 4 is 17.8 Å². The molecule has 1 N–H and O–H groups in total. The number of halogens is 1. The SMILES string of the molecule is C#CCOc1c(Cl)cc(C=NO)cc1OCC. The molecule has 0 atom stereocenters. The van der Waals surface area contributed by atoms with Crippen molar-refractivity contribution in [3.63, 3.8) is 0 Å². The molecule has 1 rings (SSSR count). The van der Waals surface area contributed by atoms with Gasteiger partial charge in [-0.1, -0.05) is 22.7 Å². The van der Waals surface area contributed by atoms with Gasteiger partial charge in [0.15, 0.2) is 11.5 Å². The Hall–Kier alpha value is -1.86. The number of ether oxygens (including phenoxy) is 2. The van der Waals surface area contributed by atoms with Gasteiger partial charge in [0.1, 0.15) is 6.61 Å². The minimum atomic E-state index is 0.104. The number of rotatable bonds is 5. The van der Waals surface area contributed by atoms with Crippen LogP contribution in [0.15, 0.2) is 17.3 Å². The molecule has 0 fully saturated rings. The highest BCUT2D eigenvalue weighted by Crippen LogP contribution is 2.36. The third-order valence-corrected chi connectivity index (χ3v) is 2.12.